The van der Waals surface area contributed by atoms with Crippen molar-refractivity contribution in [3.63, 3.8) is 0 Å². The summed E-state index contributed by atoms with van der Waals surface area (Å²) in [5.41, 5.74) is 4.30. The van der Waals surface area contributed by atoms with Gasteiger partial charge in [0.2, 0.25) is 0 Å². The van der Waals surface area contributed by atoms with Gasteiger partial charge in [0.1, 0.15) is 5.69 Å². The Labute approximate surface area is 71.4 Å². The van der Waals surface area contributed by atoms with E-state index in [0.717, 1.165) is 0 Å². The molecule has 1 unspecified atom stereocenters. The van der Waals surface area contributed by atoms with E-state index in [9.17, 15) is 4.39 Å². The van der Waals surface area contributed by atoms with Gasteiger partial charge in [0.15, 0.2) is 5.67 Å². The van der Waals surface area contributed by atoms with Crippen molar-refractivity contribution in [2.75, 3.05) is 6.54 Å². The van der Waals surface area contributed by atoms with Gasteiger partial charge in [0.05, 0.1) is 0 Å². The van der Waals surface area contributed by atoms with Gasteiger partial charge >= 0.3 is 0 Å². The molecule has 12 heavy (non-hydrogen) atoms. The molecule has 0 fully saturated rings. The summed E-state index contributed by atoms with van der Waals surface area (Å²) in [4.78, 5) is 0. The van der Waals surface area contributed by atoms with Gasteiger partial charge in [-0.15, -0.1) is 0 Å². The standard InChI is InChI=1S/C8H14FN3/c1-3-8(9,6-10)7-4-5-12(2)11-7/h4-5H,3,6,10H2,1-2H3. The minimum absolute atomic E-state index is 0.0134. The van der Waals surface area contributed by atoms with Crippen molar-refractivity contribution in [2.24, 2.45) is 12.8 Å². The quantitative estimate of drug-likeness (QED) is 0.736. The minimum atomic E-state index is -1.46. The Kier molecular flexibility index (Phi) is 2.47. The summed E-state index contributed by atoms with van der Waals surface area (Å²) in [7, 11) is 1.76. The highest BCUT2D eigenvalue weighted by molar-refractivity contribution is 5.10. The summed E-state index contributed by atoms with van der Waals surface area (Å²) in [6.07, 6.45) is 2.08. The third-order valence-electron chi connectivity index (χ3n) is 2.06. The summed E-state index contributed by atoms with van der Waals surface area (Å²) in [5.74, 6) is 0. The number of rotatable bonds is 3. The predicted molar refractivity (Wildman–Crippen MR) is 45.3 cm³/mol. The lowest BCUT2D eigenvalue weighted by Gasteiger charge is -2.18. The molecule has 2 N–H and O–H groups in total. The minimum Gasteiger partial charge on any atom is -0.327 e. The average Bonchev–Trinajstić information content (AvgIpc) is 2.51. The Balaban J connectivity index is 2.94. The zero-order valence-electron chi connectivity index (χ0n) is 7.42. The molecular formula is C8H14FN3. The molecule has 0 aromatic carbocycles. The van der Waals surface area contributed by atoms with Gasteiger partial charge in [-0.3, -0.25) is 4.68 Å². The molecule has 1 aromatic heterocycles. The van der Waals surface area contributed by atoms with Gasteiger partial charge in [0.25, 0.3) is 0 Å². The van der Waals surface area contributed by atoms with Crippen LogP contribution in [0.1, 0.15) is 19.0 Å². The molecule has 1 atom stereocenters. The largest absolute Gasteiger partial charge is 0.327 e. The molecular weight excluding hydrogens is 157 g/mol. The van der Waals surface area contributed by atoms with Crippen molar-refractivity contribution in [1.29, 1.82) is 0 Å². The fourth-order valence-electron chi connectivity index (χ4n) is 1.08. The van der Waals surface area contributed by atoms with E-state index in [1.807, 2.05) is 0 Å². The van der Waals surface area contributed by atoms with E-state index in [1.54, 1.807) is 30.9 Å². The number of nitrogens with two attached hydrogens (primary N) is 1. The Morgan fingerprint density at radius 3 is 2.75 bits per heavy atom. The van der Waals surface area contributed by atoms with Crippen LogP contribution in [-0.4, -0.2) is 16.3 Å². The fraction of sp³-hybridized carbons (Fsp3) is 0.625. The molecule has 0 aliphatic rings. The van der Waals surface area contributed by atoms with Crippen LogP contribution in [0.2, 0.25) is 0 Å². The van der Waals surface area contributed by atoms with Crippen molar-refractivity contribution in [1.82, 2.24) is 9.78 Å². The first kappa shape index (κ1) is 9.19. The van der Waals surface area contributed by atoms with E-state index in [1.165, 1.54) is 0 Å². The molecule has 0 saturated heterocycles. The van der Waals surface area contributed by atoms with Gasteiger partial charge in [-0.2, -0.15) is 5.10 Å². The first-order valence-electron chi connectivity index (χ1n) is 4.01. The van der Waals surface area contributed by atoms with Crippen molar-refractivity contribution < 1.29 is 4.39 Å². The number of hydrogen-bond donors (Lipinski definition) is 1. The number of halogens is 1. The maximum Gasteiger partial charge on any atom is 0.166 e. The van der Waals surface area contributed by atoms with Gasteiger partial charge < -0.3 is 5.73 Å². The van der Waals surface area contributed by atoms with Crippen molar-refractivity contribution >= 4 is 0 Å². The summed E-state index contributed by atoms with van der Waals surface area (Å²) in [6, 6.07) is 1.66. The van der Waals surface area contributed by atoms with Crippen LogP contribution >= 0.6 is 0 Å². The summed E-state index contributed by atoms with van der Waals surface area (Å²) >= 11 is 0. The molecule has 4 heteroatoms. The SMILES string of the molecule is CCC(F)(CN)c1ccn(C)n1. The summed E-state index contributed by atoms with van der Waals surface area (Å²) in [6.45, 7) is 1.75. The Hall–Kier alpha value is -0.900. The maximum atomic E-state index is 13.8. The first-order valence-corrected chi connectivity index (χ1v) is 4.01. The Morgan fingerprint density at radius 1 is 1.75 bits per heavy atom. The highest BCUT2D eigenvalue weighted by Crippen LogP contribution is 2.26. The van der Waals surface area contributed by atoms with Crippen LogP contribution in [0.4, 0.5) is 4.39 Å². The normalized spacial score (nSPS) is 16.0. The lowest BCUT2D eigenvalue weighted by atomic mass is 9.99. The van der Waals surface area contributed by atoms with Gasteiger partial charge in [0, 0.05) is 19.8 Å². The number of aromatic nitrogens is 2. The average molecular weight is 171 g/mol. The smallest absolute Gasteiger partial charge is 0.166 e. The van der Waals surface area contributed by atoms with E-state index in [-0.39, 0.29) is 6.54 Å². The van der Waals surface area contributed by atoms with Crippen LogP contribution in [0.25, 0.3) is 0 Å². The van der Waals surface area contributed by atoms with Crippen LogP contribution in [0, 0.1) is 0 Å². The van der Waals surface area contributed by atoms with Crippen LogP contribution < -0.4 is 5.73 Å². The fourth-order valence-corrected chi connectivity index (χ4v) is 1.08. The molecule has 0 spiro atoms. The molecule has 1 heterocycles. The first-order chi connectivity index (χ1) is 5.62. The van der Waals surface area contributed by atoms with E-state index >= 15 is 0 Å². The van der Waals surface area contributed by atoms with Crippen molar-refractivity contribution in [3.8, 4) is 0 Å². The van der Waals surface area contributed by atoms with E-state index in [0.29, 0.717) is 12.1 Å². The zero-order valence-corrected chi connectivity index (χ0v) is 7.42. The number of aryl methyl sites for hydroxylation is 1. The second kappa shape index (κ2) is 3.23. The van der Waals surface area contributed by atoms with Crippen molar-refractivity contribution in [3.05, 3.63) is 18.0 Å². The predicted octanol–water partition coefficient (Wildman–Crippen LogP) is 0.954. The molecule has 0 bridgehead atoms. The second-order valence-electron chi connectivity index (χ2n) is 2.90. The highest BCUT2D eigenvalue weighted by Gasteiger charge is 2.30. The van der Waals surface area contributed by atoms with Crippen molar-refractivity contribution in [2.45, 2.75) is 19.0 Å². The zero-order chi connectivity index (χ0) is 9.19. The van der Waals surface area contributed by atoms with Crippen LogP contribution in [0.5, 0.6) is 0 Å². The monoisotopic (exact) mass is 171 g/mol. The van der Waals surface area contributed by atoms with E-state index in [4.69, 9.17) is 5.73 Å². The lowest BCUT2D eigenvalue weighted by molar-refractivity contribution is 0.161. The molecule has 68 valence electrons. The lowest BCUT2D eigenvalue weighted by Crippen LogP contribution is -2.30. The number of nitrogens with zero attached hydrogens (tertiary/aromatic N) is 2. The number of alkyl halides is 1. The third-order valence-corrected chi connectivity index (χ3v) is 2.06. The second-order valence-corrected chi connectivity index (χ2v) is 2.90. The molecule has 0 radical (unpaired) electrons. The molecule has 0 amide bonds. The van der Waals surface area contributed by atoms with Gasteiger partial charge in [-0.1, -0.05) is 6.92 Å². The Morgan fingerprint density at radius 2 is 2.42 bits per heavy atom. The molecule has 1 aromatic rings. The third kappa shape index (κ3) is 1.48. The summed E-state index contributed by atoms with van der Waals surface area (Å²) in [5, 5.41) is 3.99. The molecule has 0 aliphatic carbocycles. The maximum absolute atomic E-state index is 13.8. The van der Waals surface area contributed by atoms with E-state index < -0.39 is 5.67 Å². The number of hydrogen-bond acceptors (Lipinski definition) is 2. The van der Waals surface area contributed by atoms with Crippen LogP contribution in [-0.2, 0) is 12.7 Å². The molecule has 1 rings (SSSR count). The molecule has 3 nitrogen and oxygen atoms in total. The summed E-state index contributed by atoms with van der Waals surface area (Å²) < 4.78 is 15.4. The highest BCUT2D eigenvalue weighted by atomic mass is 19.1. The topological polar surface area (TPSA) is 43.8 Å². The van der Waals surface area contributed by atoms with Gasteiger partial charge in [-0.25, -0.2) is 4.39 Å². The molecule has 0 saturated carbocycles. The van der Waals surface area contributed by atoms with Crippen LogP contribution in [0.15, 0.2) is 12.3 Å². The Bertz CT molecular complexity index is 253. The van der Waals surface area contributed by atoms with E-state index in [2.05, 4.69) is 5.10 Å². The van der Waals surface area contributed by atoms with Gasteiger partial charge in [-0.05, 0) is 12.5 Å². The molecule has 0 aliphatic heterocycles. The van der Waals surface area contributed by atoms with Crippen LogP contribution in [0.3, 0.4) is 0 Å².